The van der Waals surface area contributed by atoms with Crippen LogP contribution in [0.3, 0.4) is 0 Å². The molecule has 14 heavy (non-hydrogen) atoms. The van der Waals surface area contributed by atoms with Crippen molar-refractivity contribution in [2.45, 2.75) is 11.6 Å². The second-order valence-electron chi connectivity index (χ2n) is 2.96. The topological polar surface area (TPSA) is 52.6 Å². The van der Waals surface area contributed by atoms with Gasteiger partial charge in [0.25, 0.3) is 0 Å². The molecular weight excluding hydrogens is 221 g/mol. The Bertz CT molecular complexity index is 218. The molecule has 2 N–H and O–H groups in total. The number of alkyl halides is 3. The van der Waals surface area contributed by atoms with Crippen molar-refractivity contribution in [1.29, 1.82) is 0 Å². The lowest BCUT2D eigenvalue weighted by molar-refractivity contribution is -0.161. The van der Waals surface area contributed by atoms with E-state index < -0.39 is 22.6 Å². The first-order valence-corrected chi connectivity index (χ1v) is 5.21. The molecule has 1 saturated heterocycles. The minimum Gasteiger partial charge on any atom is -0.314 e. The van der Waals surface area contributed by atoms with Crippen molar-refractivity contribution in [2.24, 2.45) is 0 Å². The first-order chi connectivity index (χ1) is 6.43. The summed E-state index contributed by atoms with van der Waals surface area (Å²) >= 11 is -2.90. The Morgan fingerprint density at radius 1 is 1.36 bits per heavy atom. The lowest BCUT2D eigenvalue weighted by atomic mass is 10.3. The van der Waals surface area contributed by atoms with Gasteiger partial charge in [-0.1, -0.05) is 0 Å². The molecule has 1 aliphatic heterocycles. The summed E-state index contributed by atoms with van der Waals surface area (Å²) in [6.45, 7) is 1.08. The molecule has 0 spiro atoms. The highest BCUT2D eigenvalue weighted by atomic mass is 32.2. The monoisotopic (exact) mass is 232 g/mol. The summed E-state index contributed by atoms with van der Waals surface area (Å²) in [5.74, 6) is 0. The van der Waals surface area contributed by atoms with Gasteiger partial charge in [-0.3, -0.25) is 4.90 Å². The van der Waals surface area contributed by atoms with E-state index in [9.17, 15) is 17.4 Å². The Kier molecular flexibility index (Phi) is 3.87. The molecular formula is C6H11F3N2O2S. The van der Waals surface area contributed by atoms with Crippen molar-refractivity contribution in [1.82, 2.24) is 10.2 Å². The van der Waals surface area contributed by atoms with Crippen LogP contribution in [0.15, 0.2) is 0 Å². The highest BCUT2D eigenvalue weighted by Crippen LogP contribution is 2.26. The molecule has 1 aliphatic rings. The molecule has 0 aromatic carbocycles. The highest BCUT2D eigenvalue weighted by Gasteiger charge is 2.48. The van der Waals surface area contributed by atoms with E-state index in [4.69, 9.17) is 4.55 Å². The van der Waals surface area contributed by atoms with Crippen LogP contribution in [-0.4, -0.2) is 51.4 Å². The standard InChI is InChI=1S/C6H11F3N2O2S/c7-6(8,9)5(14(12)13)11-3-1-10-2-4-11/h5,10H,1-4H2,(H,12,13). The Morgan fingerprint density at radius 3 is 2.21 bits per heavy atom. The van der Waals surface area contributed by atoms with Crippen LogP contribution in [0.25, 0.3) is 0 Å². The van der Waals surface area contributed by atoms with E-state index in [1.807, 2.05) is 0 Å². The normalized spacial score (nSPS) is 24.6. The number of nitrogens with zero attached hydrogens (tertiary/aromatic N) is 1. The summed E-state index contributed by atoms with van der Waals surface area (Å²) in [7, 11) is 0. The quantitative estimate of drug-likeness (QED) is 0.658. The van der Waals surface area contributed by atoms with Crippen LogP contribution >= 0.6 is 0 Å². The molecule has 0 aromatic heterocycles. The lowest BCUT2D eigenvalue weighted by Crippen LogP contribution is -2.55. The van der Waals surface area contributed by atoms with Crippen molar-refractivity contribution in [3.63, 3.8) is 0 Å². The maximum atomic E-state index is 12.3. The van der Waals surface area contributed by atoms with Crippen LogP contribution in [-0.2, 0) is 11.1 Å². The second-order valence-corrected chi connectivity index (χ2v) is 3.95. The van der Waals surface area contributed by atoms with E-state index in [-0.39, 0.29) is 13.1 Å². The minimum atomic E-state index is -4.66. The summed E-state index contributed by atoms with van der Waals surface area (Å²) < 4.78 is 56.2. The van der Waals surface area contributed by atoms with Gasteiger partial charge in [0.2, 0.25) is 5.37 Å². The summed E-state index contributed by atoms with van der Waals surface area (Å²) in [6.07, 6.45) is -4.66. The fraction of sp³-hybridized carbons (Fsp3) is 1.00. The summed E-state index contributed by atoms with van der Waals surface area (Å²) in [5.41, 5.74) is 0. The first kappa shape index (κ1) is 11.9. The zero-order valence-corrected chi connectivity index (χ0v) is 8.07. The molecule has 0 bridgehead atoms. The van der Waals surface area contributed by atoms with Crippen molar-refractivity contribution >= 4 is 11.1 Å². The van der Waals surface area contributed by atoms with Crippen molar-refractivity contribution in [2.75, 3.05) is 26.2 Å². The van der Waals surface area contributed by atoms with Gasteiger partial charge in [-0.25, -0.2) is 4.21 Å². The van der Waals surface area contributed by atoms with Crippen molar-refractivity contribution < 1.29 is 21.9 Å². The number of hydrogen-bond donors (Lipinski definition) is 2. The van der Waals surface area contributed by atoms with Gasteiger partial charge in [-0.05, 0) is 0 Å². The average molecular weight is 232 g/mol. The molecule has 0 aromatic rings. The molecule has 0 aliphatic carbocycles. The number of piperazine rings is 1. The fourth-order valence-corrected chi connectivity index (χ4v) is 2.06. The zero-order chi connectivity index (χ0) is 10.8. The van der Waals surface area contributed by atoms with E-state index in [1.54, 1.807) is 0 Å². The minimum absolute atomic E-state index is 0.135. The molecule has 1 rings (SSSR count). The average Bonchev–Trinajstić information content (AvgIpc) is 2.02. The van der Waals surface area contributed by atoms with E-state index in [0.29, 0.717) is 13.1 Å². The molecule has 84 valence electrons. The lowest BCUT2D eigenvalue weighted by Gasteiger charge is -2.33. The SMILES string of the molecule is O=S(O)C(N1CCNCC1)C(F)(F)F. The largest absolute Gasteiger partial charge is 0.418 e. The van der Waals surface area contributed by atoms with Crippen LogP contribution in [0.2, 0.25) is 0 Å². The van der Waals surface area contributed by atoms with Gasteiger partial charge in [-0.2, -0.15) is 13.2 Å². The summed E-state index contributed by atoms with van der Waals surface area (Å²) in [6, 6.07) is 0. The summed E-state index contributed by atoms with van der Waals surface area (Å²) in [4.78, 5) is 0.979. The number of halogens is 3. The predicted molar refractivity (Wildman–Crippen MR) is 45.1 cm³/mol. The Hall–Kier alpha value is -0.180. The van der Waals surface area contributed by atoms with E-state index >= 15 is 0 Å². The van der Waals surface area contributed by atoms with Gasteiger partial charge in [0.15, 0.2) is 11.1 Å². The smallest absolute Gasteiger partial charge is 0.314 e. The number of nitrogens with one attached hydrogen (secondary N) is 1. The Morgan fingerprint density at radius 2 is 1.86 bits per heavy atom. The molecule has 0 amide bonds. The third kappa shape index (κ3) is 2.91. The van der Waals surface area contributed by atoms with Gasteiger partial charge < -0.3 is 9.87 Å². The van der Waals surface area contributed by atoms with Crippen LogP contribution < -0.4 is 5.32 Å². The molecule has 2 unspecified atom stereocenters. The first-order valence-electron chi connectivity index (χ1n) is 4.04. The predicted octanol–water partition coefficient (Wildman–Crippen LogP) is 0.00170. The van der Waals surface area contributed by atoms with Crippen molar-refractivity contribution in [3.8, 4) is 0 Å². The molecule has 4 nitrogen and oxygen atoms in total. The molecule has 1 heterocycles. The van der Waals surface area contributed by atoms with Gasteiger partial charge in [0.1, 0.15) is 0 Å². The number of hydrogen-bond acceptors (Lipinski definition) is 3. The Balaban J connectivity index is 2.71. The summed E-state index contributed by atoms with van der Waals surface area (Å²) in [5, 5.41) is 0.611. The maximum Gasteiger partial charge on any atom is 0.418 e. The van der Waals surface area contributed by atoms with E-state index in [1.165, 1.54) is 0 Å². The molecule has 0 radical (unpaired) electrons. The Labute approximate surface area is 81.7 Å². The molecule has 0 saturated carbocycles. The van der Waals surface area contributed by atoms with Crippen molar-refractivity contribution in [3.05, 3.63) is 0 Å². The highest BCUT2D eigenvalue weighted by molar-refractivity contribution is 7.79. The van der Waals surface area contributed by atoms with E-state index in [2.05, 4.69) is 5.32 Å². The van der Waals surface area contributed by atoms with Gasteiger partial charge in [0.05, 0.1) is 0 Å². The van der Waals surface area contributed by atoms with Crippen LogP contribution in [0.4, 0.5) is 13.2 Å². The fourth-order valence-electron chi connectivity index (χ4n) is 1.37. The molecule has 2 atom stereocenters. The van der Waals surface area contributed by atoms with Crippen LogP contribution in [0, 0.1) is 0 Å². The maximum absolute atomic E-state index is 12.3. The molecule has 8 heteroatoms. The molecule has 1 fully saturated rings. The second kappa shape index (κ2) is 4.56. The van der Waals surface area contributed by atoms with Crippen LogP contribution in [0.1, 0.15) is 0 Å². The number of rotatable bonds is 2. The van der Waals surface area contributed by atoms with Gasteiger partial charge in [0, 0.05) is 26.2 Å². The third-order valence-electron chi connectivity index (χ3n) is 1.95. The van der Waals surface area contributed by atoms with Gasteiger partial charge >= 0.3 is 6.18 Å². The van der Waals surface area contributed by atoms with Crippen LogP contribution in [0.5, 0.6) is 0 Å². The third-order valence-corrected chi connectivity index (χ3v) is 2.90. The van der Waals surface area contributed by atoms with E-state index in [0.717, 1.165) is 4.90 Å². The van der Waals surface area contributed by atoms with Gasteiger partial charge in [-0.15, -0.1) is 0 Å². The zero-order valence-electron chi connectivity index (χ0n) is 7.25.